The molecule has 28 atom stereocenters. The van der Waals surface area contributed by atoms with E-state index in [4.69, 9.17) is 52.1 Å². The van der Waals surface area contributed by atoms with Crippen molar-refractivity contribution in [3.8, 4) is 0 Å². The van der Waals surface area contributed by atoms with Crippen LogP contribution >= 0.6 is 0 Å². The molecule has 6 fully saturated rings. The third-order valence-corrected chi connectivity index (χ3v) is 20.5. The highest BCUT2D eigenvalue weighted by atomic mass is 16.8. The SMILES string of the molecule is C=C1C(O)C[C@H](O[C@H]2C[C@](C)([N+](=O)[O-])[C@@H](NC(=O)OC)[C@@H](C)O2)C(C)=C[C@@H]2C=C(CO)[C@H](C)C[C@]23OC(=O)C(=C(O)[C@@]2(C)[C@H]4[C@H](C=C[C@@H]12)[C@@H](O[C@H]1C[C@@H](O[C@@H]2C[C@@H](C)[C@H](O[C@H]5C[C@@H](O)[C@@H](OC)[C@H](C)O5)[C@H](O)O2)[C@@H](O)[C@H](C)O1)[C@@H](C)C[C@@H]4C)C3=O. The third-order valence-electron chi connectivity index (χ3n) is 20.5. The number of fused-ring (bicyclic) bond motifs is 4. The second-order valence-corrected chi connectivity index (χ2v) is 26.2. The van der Waals surface area contributed by atoms with Gasteiger partial charge in [0.1, 0.15) is 35.7 Å². The van der Waals surface area contributed by atoms with Crippen LogP contribution in [0.25, 0.3) is 0 Å². The number of methoxy groups -OCH3 is 2. The Labute approximate surface area is 496 Å². The standard InChI is InChI=1S/C61H90N2O22/c1-26-17-36-19-35(25-64)30(5)23-61(36)55(69)47(56(70)85-61)54(68)60(11)38(31(6)39(65)20-41(26)80-46-24-59(10,63(73)74)53(34(9)79-46)62-58(72)76-13)15-14-37-48(60)27(2)16-28(3)50(37)82-45-22-42(49(67)32(7)77-45)81-43-18-29(4)51(57(71)84-43)83-44-21-40(66)52(75-12)33(8)78-44/h14-15,17,19,27-30,32-34,36-46,48-53,57,64-68,71H,6,16,18,20-25H2,1-5,7-13H3,(H,62,72)/t27-,28-,29+,30+,32-,33-,34+,36+,37-,38-,39?,40+,41-,42+,43-,44-,45-,46-,48+,49-,50-,51-,52-,53-,57+,59-,60+,61-/m0/s1. The number of hydrogen-bond acceptors (Lipinski definition) is 22. The molecule has 9 aliphatic rings. The number of allylic oxidation sites excluding steroid dienone is 2. The van der Waals surface area contributed by atoms with Crippen LogP contribution in [-0.2, 0) is 61.7 Å². The van der Waals surface area contributed by atoms with E-state index in [1.165, 1.54) is 14.0 Å². The molecule has 5 heterocycles. The largest absolute Gasteiger partial charge is 0.511 e. The number of nitrogens with one attached hydrogen (secondary N) is 1. The van der Waals surface area contributed by atoms with E-state index in [2.05, 4.69) is 11.9 Å². The zero-order valence-corrected chi connectivity index (χ0v) is 50.8. The molecular formula is C61H90N2O22. The van der Waals surface area contributed by atoms with Gasteiger partial charge in [0.05, 0.1) is 69.0 Å². The normalized spacial score (nSPS) is 47.8. The number of carbonyl (C=O) groups is 3. The number of rotatable bonds is 12. The average molecular weight is 1200 g/mol. The number of ketones is 1. The molecule has 1 spiro atoms. The average Bonchev–Trinajstić information content (AvgIpc) is 2.94. The molecule has 0 aromatic rings. The molecule has 5 saturated heterocycles. The van der Waals surface area contributed by atoms with Gasteiger partial charge in [-0.25, -0.2) is 9.59 Å². The van der Waals surface area contributed by atoms with Crippen molar-refractivity contribution in [2.75, 3.05) is 20.8 Å². The summed E-state index contributed by atoms with van der Waals surface area (Å²) in [5.41, 5.74) is -4.61. The van der Waals surface area contributed by atoms with Gasteiger partial charge < -0.3 is 88.1 Å². The lowest BCUT2D eigenvalue weighted by Crippen LogP contribution is -2.65. The molecule has 1 unspecified atom stereocenters. The number of amides is 1. The minimum atomic E-state index is -1.90. The number of esters is 1. The second-order valence-electron chi connectivity index (χ2n) is 26.2. The van der Waals surface area contributed by atoms with Gasteiger partial charge in [0.2, 0.25) is 11.3 Å². The number of alkyl carbamates (subject to hydrolysis) is 1. The molecule has 0 radical (unpaired) electrons. The summed E-state index contributed by atoms with van der Waals surface area (Å²) in [5.74, 6) is -6.57. The lowest BCUT2D eigenvalue weighted by molar-refractivity contribution is -0.584. The van der Waals surface area contributed by atoms with E-state index in [0.29, 0.717) is 17.6 Å². The molecule has 0 aromatic heterocycles. The Kier molecular flexibility index (Phi) is 19.4. The highest BCUT2D eigenvalue weighted by Crippen LogP contribution is 2.61. The quantitative estimate of drug-likeness (QED) is 0.0456. The van der Waals surface area contributed by atoms with Crippen LogP contribution in [0.5, 0.6) is 0 Å². The maximum atomic E-state index is 15.6. The van der Waals surface area contributed by atoms with Crippen LogP contribution in [-0.4, -0.2) is 190 Å². The number of carbonyl (C=O) groups excluding carboxylic acids is 3. The van der Waals surface area contributed by atoms with Gasteiger partial charge in [-0.1, -0.05) is 65.5 Å². The Morgan fingerprint density at radius 3 is 2.08 bits per heavy atom. The summed E-state index contributed by atoms with van der Waals surface area (Å²) < 4.78 is 67.4. The monoisotopic (exact) mass is 1200 g/mol. The summed E-state index contributed by atoms with van der Waals surface area (Å²) in [6, 6.07) is -1.14. The highest BCUT2D eigenvalue weighted by Gasteiger charge is 2.65. The zero-order valence-electron chi connectivity index (χ0n) is 50.8. The smallest absolute Gasteiger partial charge is 0.407 e. The van der Waals surface area contributed by atoms with Crippen molar-refractivity contribution >= 4 is 17.8 Å². The van der Waals surface area contributed by atoms with Crippen LogP contribution in [0, 0.1) is 62.9 Å². The van der Waals surface area contributed by atoms with Crippen LogP contribution in [0.15, 0.2) is 58.9 Å². The number of aliphatic hydroxyl groups is 6. The molecule has 2 bridgehead atoms. The van der Waals surface area contributed by atoms with Crippen LogP contribution < -0.4 is 5.32 Å². The summed E-state index contributed by atoms with van der Waals surface area (Å²) in [6.07, 6.45) is -8.39. The number of hydrogen-bond donors (Lipinski definition) is 7. The van der Waals surface area contributed by atoms with Gasteiger partial charge in [0, 0.05) is 74.2 Å². The molecule has 85 heavy (non-hydrogen) atoms. The van der Waals surface area contributed by atoms with Gasteiger partial charge in [-0.3, -0.25) is 14.9 Å². The predicted octanol–water partition coefficient (Wildman–Crippen LogP) is 4.75. The van der Waals surface area contributed by atoms with Crippen molar-refractivity contribution in [2.24, 2.45) is 52.8 Å². The summed E-state index contributed by atoms with van der Waals surface area (Å²) in [5, 5.41) is 85.3. The van der Waals surface area contributed by atoms with Crippen molar-refractivity contribution < 1.29 is 102 Å². The van der Waals surface area contributed by atoms with Gasteiger partial charge in [-0.2, -0.15) is 0 Å². The van der Waals surface area contributed by atoms with E-state index in [-0.39, 0.29) is 68.5 Å². The fourth-order valence-corrected chi connectivity index (χ4v) is 15.8. The predicted molar refractivity (Wildman–Crippen MR) is 299 cm³/mol. The highest BCUT2D eigenvalue weighted by molar-refractivity contribution is 6.26. The maximum Gasteiger partial charge on any atom is 0.407 e. The molecule has 24 heteroatoms. The van der Waals surface area contributed by atoms with Crippen molar-refractivity contribution in [1.29, 1.82) is 0 Å². The molecule has 0 aromatic carbocycles. The molecular weight excluding hydrogens is 1110 g/mol. The summed E-state index contributed by atoms with van der Waals surface area (Å²) in [6.45, 7) is 21.7. The molecule has 5 aliphatic heterocycles. The molecule has 7 N–H and O–H groups in total. The lowest BCUT2D eigenvalue weighted by Gasteiger charge is -2.57. The molecule has 24 nitrogen and oxygen atoms in total. The van der Waals surface area contributed by atoms with E-state index in [1.807, 2.05) is 32.9 Å². The summed E-state index contributed by atoms with van der Waals surface area (Å²) in [7, 11) is 2.64. The van der Waals surface area contributed by atoms with Gasteiger partial charge in [-0.15, -0.1) is 0 Å². The topological polar surface area (TPSA) is 329 Å². The lowest BCUT2D eigenvalue weighted by atomic mass is 9.49. The van der Waals surface area contributed by atoms with Crippen LogP contribution in [0.3, 0.4) is 0 Å². The number of Topliss-reactive ketones (excluding diaryl/α,β-unsaturated/α-hetero) is 1. The molecule has 1 amide bonds. The Hall–Kier alpha value is -4.25. The Bertz CT molecular complexity index is 2620. The Morgan fingerprint density at radius 2 is 1.44 bits per heavy atom. The van der Waals surface area contributed by atoms with Crippen LogP contribution in [0.2, 0.25) is 0 Å². The van der Waals surface area contributed by atoms with E-state index < -0.39 is 185 Å². The van der Waals surface area contributed by atoms with E-state index >= 15 is 4.79 Å². The summed E-state index contributed by atoms with van der Waals surface area (Å²) >= 11 is 0. The fourth-order valence-electron chi connectivity index (χ4n) is 15.8. The van der Waals surface area contributed by atoms with Gasteiger partial charge >= 0.3 is 12.1 Å². The minimum Gasteiger partial charge on any atom is -0.511 e. The van der Waals surface area contributed by atoms with Gasteiger partial charge in [0.25, 0.3) is 0 Å². The first-order valence-electron chi connectivity index (χ1n) is 30.1. The van der Waals surface area contributed by atoms with Crippen LogP contribution in [0.1, 0.15) is 114 Å². The van der Waals surface area contributed by atoms with Gasteiger partial charge in [-0.05, 0) is 80.4 Å². The number of nitro groups is 1. The first-order chi connectivity index (χ1) is 40.0. The first-order valence-corrected chi connectivity index (χ1v) is 30.1. The van der Waals surface area contributed by atoms with Gasteiger partial charge in [0.15, 0.2) is 37.1 Å². The number of aliphatic hydroxyl groups excluding tert-OH is 6. The van der Waals surface area contributed by atoms with Crippen LogP contribution in [0.4, 0.5) is 4.79 Å². The van der Waals surface area contributed by atoms with E-state index in [0.717, 1.165) is 7.11 Å². The molecule has 9 rings (SSSR count). The van der Waals surface area contributed by atoms with Crippen molar-refractivity contribution in [3.63, 3.8) is 0 Å². The molecule has 4 aliphatic carbocycles. The van der Waals surface area contributed by atoms with Crippen molar-refractivity contribution in [2.45, 2.75) is 230 Å². The fraction of sp³-hybridized carbons (Fsp3) is 0.787. The third kappa shape index (κ3) is 12.1. The molecule has 476 valence electrons. The zero-order chi connectivity index (χ0) is 62.1. The second kappa shape index (κ2) is 25.3. The number of ether oxygens (including phenoxy) is 11. The van der Waals surface area contributed by atoms with E-state index in [9.17, 15) is 50.3 Å². The maximum absolute atomic E-state index is 15.6. The van der Waals surface area contributed by atoms with E-state index in [1.54, 1.807) is 53.7 Å². The number of nitrogens with zero attached hydrogens (tertiary/aromatic N) is 1. The van der Waals surface area contributed by atoms with Crippen molar-refractivity contribution in [3.05, 3.63) is 69.0 Å². The first kappa shape index (κ1) is 65.2. The Morgan fingerprint density at radius 1 is 0.788 bits per heavy atom. The Balaban J connectivity index is 1.01. The minimum absolute atomic E-state index is 0.0480. The molecule has 1 saturated carbocycles. The van der Waals surface area contributed by atoms with Crippen molar-refractivity contribution in [1.82, 2.24) is 5.32 Å². The summed E-state index contributed by atoms with van der Waals surface area (Å²) in [4.78, 5) is 55.1.